The van der Waals surface area contributed by atoms with Gasteiger partial charge in [-0.1, -0.05) is 6.92 Å². The van der Waals surface area contributed by atoms with Gasteiger partial charge in [0.2, 0.25) is 0 Å². The predicted octanol–water partition coefficient (Wildman–Crippen LogP) is 4.16. The summed E-state index contributed by atoms with van der Waals surface area (Å²) >= 11 is 0. The van der Waals surface area contributed by atoms with Gasteiger partial charge in [0.1, 0.15) is 0 Å². The normalized spacial score (nSPS) is 82.8. The van der Waals surface area contributed by atoms with Crippen LogP contribution in [-0.4, -0.2) is 11.2 Å². The van der Waals surface area contributed by atoms with Crippen LogP contribution in [0.4, 0.5) is 0 Å². The number of rotatable bonds is 3. The highest BCUT2D eigenvalue weighted by molar-refractivity contribution is 5.04. The number of hydrogen-bond donors (Lipinski definition) is 0. The molecule has 4 aliphatic rings. The fraction of sp³-hybridized carbons (Fsp3) is 1.00. The van der Waals surface area contributed by atoms with Gasteiger partial charge in [-0.15, -0.1) is 0 Å². The number of ether oxygens (including phenoxy) is 1. The van der Waals surface area contributed by atoms with Gasteiger partial charge in [-0.05, 0) is 76.3 Å². The van der Waals surface area contributed by atoms with Crippen LogP contribution in [0, 0.1) is 17.7 Å². The first-order valence-corrected chi connectivity index (χ1v) is 5.88. The maximum Gasteiger partial charge on any atom is 0.0697 e. The van der Waals surface area contributed by atoms with Gasteiger partial charge in [0, 0.05) is 15.1 Å². The molecule has 4 rings (SSSR count). The van der Waals surface area contributed by atoms with Crippen molar-refractivity contribution >= 4 is 0 Å². The third-order valence-electron chi connectivity index (χ3n) is 3.45. The third kappa shape index (κ3) is 1.81. The van der Waals surface area contributed by atoms with Crippen LogP contribution >= 0.6 is 0 Å². The Labute approximate surface area is 115 Å². The molecule has 2 atom stereocenters. The van der Waals surface area contributed by atoms with Gasteiger partial charge < -0.3 is 4.74 Å². The van der Waals surface area contributed by atoms with Crippen LogP contribution in [0.25, 0.3) is 0 Å². The van der Waals surface area contributed by atoms with E-state index < -0.39 is 67.2 Å². The van der Waals surface area contributed by atoms with Gasteiger partial charge in [-0.3, -0.25) is 0 Å². The number of hydrogen-bond acceptors (Lipinski definition) is 1. The molecule has 2 unspecified atom stereocenters. The largest absolute Gasteiger partial charge is 0.369 e. The fourth-order valence-electron chi connectivity index (χ4n) is 2.47. The van der Waals surface area contributed by atoms with Crippen LogP contribution in [0.2, 0.25) is 0 Å². The van der Waals surface area contributed by atoms with E-state index in [4.69, 9.17) is 19.8 Å². The maximum absolute atomic E-state index is 8.73. The Kier molecular flexibility index (Phi) is 0.925. The lowest BCUT2D eigenvalue weighted by Gasteiger charge is -2.58. The quantitative estimate of drug-likeness (QED) is 0.711. The molecule has 1 heteroatoms. The molecule has 0 aromatic heterocycles. The zero-order valence-electron chi connectivity index (χ0n) is 21.0. The molecule has 0 aromatic carbocycles. The van der Waals surface area contributed by atoms with E-state index in [2.05, 4.69) is 0 Å². The van der Waals surface area contributed by atoms with Gasteiger partial charge in [-0.25, -0.2) is 0 Å². The molecule has 4 saturated carbocycles. The lowest BCUT2D eigenvalue weighted by molar-refractivity contribution is -0.215. The molecule has 0 heterocycles. The average molecular weight is 233 g/mol. The molecule has 0 saturated heterocycles. The second-order valence-electron chi connectivity index (χ2n) is 5.40. The Bertz CT molecular complexity index is 653. The van der Waals surface area contributed by atoms with Crippen LogP contribution in [0.1, 0.15) is 80.6 Å². The summed E-state index contributed by atoms with van der Waals surface area (Å²) in [4.78, 5) is 0. The van der Waals surface area contributed by atoms with Crippen molar-refractivity contribution in [1.82, 2.24) is 0 Å². The molecular formula is C15H26O. The third-order valence-corrected chi connectivity index (χ3v) is 3.45. The van der Waals surface area contributed by atoms with Crippen LogP contribution in [-0.2, 0) is 4.74 Å². The summed E-state index contributed by atoms with van der Waals surface area (Å²) in [5, 5.41) is 0. The van der Waals surface area contributed by atoms with Gasteiger partial charge >= 0.3 is 0 Å². The molecule has 1 nitrogen and oxygen atoms in total. The highest BCUT2D eigenvalue weighted by Gasteiger charge is 2.53. The topological polar surface area (TPSA) is 9.23 Å². The van der Waals surface area contributed by atoms with Gasteiger partial charge in [-0.2, -0.15) is 0 Å². The summed E-state index contributed by atoms with van der Waals surface area (Å²) in [5.74, 6) is -8.60. The van der Waals surface area contributed by atoms with E-state index in [0.717, 1.165) is 0 Å². The molecule has 0 aliphatic heterocycles. The van der Waals surface area contributed by atoms with Gasteiger partial charge in [0.05, 0.1) is 11.2 Å². The van der Waals surface area contributed by atoms with E-state index in [1.807, 2.05) is 0 Å². The SMILES string of the molecule is [2H]C1([2H])C2([2H])CC3(OC(C)(C)CC)CC1([2H])C([2H])([2H])C([2H])(C3([2H])[2H])C2([2H])[2H]. The average Bonchev–Trinajstić information content (AvgIpc) is 2.48. The first-order valence-electron chi connectivity index (χ1n) is 11.4. The van der Waals surface area contributed by atoms with Crippen molar-refractivity contribution in [2.24, 2.45) is 17.7 Å². The van der Waals surface area contributed by atoms with Crippen LogP contribution in [0.3, 0.4) is 0 Å². The monoisotopic (exact) mass is 233 g/mol. The molecule has 4 aliphatic carbocycles. The van der Waals surface area contributed by atoms with E-state index in [-0.39, 0.29) is 0 Å². The van der Waals surface area contributed by atoms with E-state index >= 15 is 0 Å². The van der Waals surface area contributed by atoms with Gasteiger partial charge in [0.25, 0.3) is 0 Å². The molecule has 0 aromatic rings. The zero-order valence-corrected chi connectivity index (χ0v) is 10.0. The Hall–Kier alpha value is -0.0400. The van der Waals surface area contributed by atoms with Crippen molar-refractivity contribution in [3.8, 4) is 0 Å². The molecule has 4 bridgehead atoms. The van der Waals surface area contributed by atoms with Crippen molar-refractivity contribution in [3.63, 3.8) is 0 Å². The summed E-state index contributed by atoms with van der Waals surface area (Å²) in [7, 11) is 0. The lowest BCUT2D eigenvalue weighted by atomic mass is 9.54. The fourth-order valence-corrected chi connectivity index (χ4v) is 2.47. The Morgan fingerprint density at radius 2 is 1.81 bits per heavy atom. The van der Waals surface area contributed by atoms with Crippen molar-refractivity contribution in [3.05, 3.63) is 0 Å². The van der Waals surface area contributed by atoms with Crippen molar-refractivity contribution in [1.29, 1.82) is 0 Å². The zero-order chi connectivity index (χ0) is 21.3. The van der Waals surface area contributed by atoms with E-state index in [0.29, 0.717) is 6.42 Å². The molecule has 16 heavy (non-hydrogen) atoms. The summed E-state index contributed by atoms with van der Waals surface area (Å²) in [6, 6.07) is 0. The molecule has 4 fully saturated rings. The Morgan fingerprint density at radius 1 is 1.25 bits per heavy atom. The van der Waals surface area contributed by atoms with Crippen molar-refractivity contribution in [2.75, 3.05) is 0 Å². The maximum atomic E-state index is 8.73. The highest BCUT2D eigenvalue weighted by atomic mass is 16.5. The minimum absolute atomic E-state index is 0.429. The molecule has 0 spiro atoms. The van der Waals surface area contributed by atoms with E-state index in [1.54, 1.807) is 20.8 Å². The summed E-state index contributed by atoms with van der Waals surface area (Å²) < 4.78 is 99.8. The van der Waals surface area contributed by atoms with Crippen LogP contribution in [0.15, 0.2) is 0 Å². The molecule has 0 radical (unpaired) electrons. The second-order valence-corrected chi connectivity index (χ2v) is 5.40. The minimum Gasteiger partial charge on any atom is -0.369 e. The smallest absolute Gasteiger partial charge is 0.0697 e. The first-order chi connectivity index (χ1) is 11.7. The Morgan fingerprint density at radius 3 is 2.38 bits per heavy atom. The minimum atomic E-state index is -3.19. The summed E-state index contributed by atoms with van der Waals surface area (Å²) in [6.45, 7) is 5.13. The van der Waals surface area contributed by atoms with Crippen LogP contribution < -0.4 is 0 Å². The predicted molar refractivity (Wildman–Crippen MR) is 66.4 cm³/mol. The molecule has 92 valence electrons. The first kappa shape index (κ1) is 4.26. The molecular weight excluding hydrogens is 196 g/mol. The van der Waals surface area contributed by atoms with Crippen molar-refractivity contribution < 1.29 is 19.8 Å². The van der Waals surface area contributed by atoms with Crippen molar-refractivity contribution in [2.45, 2.75) is 76.7 Å². The second kappa shape index (κ2) is 3.48. The highest BCUT2D eigenvalue weighted by Crippen LogP contribution is 2.58. The van der Waals surface area contributed by atoms with Gasteiger partial charge in [0.15, 0.2) is 0 Å². The molecule has 0 amide bonds. The van der Waals surface area contributed by atoms with E-state index in [9.17, 15) is 0 Å². The molecule has 0 N–H and O–H groups in total. The van der Waals surface area contributed by atoms with E-state index in [1.165, 1.54) is 0 Å². The summed E-state index contributed by atoms with van der Waals surface area (Å²) in [6.07, 6.45) is -13.2. The lowest BCUT2D eigenvalue weighted by Crippen LogP contribution is -2.54. The van der Waals surface area contributed by atoms with Crippen LogP contribution in [0.5, 0.6) is 0 Å². The standard InChI is InChI=1S/C15H26O/c1-4-14(2,3)16-15-8-11-5-12(9-15)7-13(6-11)10-15/h11-13H,4-10H2,1-3H3/i5D2,6D2,7D2,8D2,11D,12D,13D. The Balaban J connectivity index is 2.41. The summed E-state index contributed by atoms with van der Waals surface area (Å²) in [5.41, 5.74) is -2.95.